The van der Waals surface area contributed by atoms with Crippen LogP contribution in [0.3, 0.4) is 0 Å². The number of imide groups is 1. The number of rotatable bonds is 6. The molecule has 0 bridgehead atoms. The number of amides is 2. The van der Waals surface area contributed by atoms with Gasteiger partial charge in [0.15, 0.2) is 0 Å². The molecule has 1 fully saturated rings. The molecule has 2 amide bonds. The van der Waals surface area contributed by atoms with Gasteiger partial charge in [0.05, 0.1) is 11.4 Å². The van der Waals surface area contributed by atoms with E-state index in [1.807, 2.05) is 66.7 Å². The summed E-state index contributed by atoms with van der Waals surface area (Å²) >= 11 is 0.941. The lowest BCUT2D eigenvalue weighted by atomic mass is 10.0. The van der Waals surface area contributed by atoms with Gasteiger partial charge >= 0.3 is 0 Å². The predicted octanol–water partition coefficient (Wildman–Crippen LogP) is 6.79. The van der Waals surface area contributed by atoms with Crippen molar-refractivity contribution in [1.82, 2.24) is 4.90 Å². The zero-order chi connectivity index (χ0) is 23.5. The highest BCUT2D eigenvalue weighted by Gasteiger charge is 2.35. The molecule has 0 atom stereocenters. The van der Waals surface area contributed by atoms with E-state index in [4.69, 9.17) is 4.74 Å². The molecule has 4 aromatic rings. The molecule has 0 saturated carbocycles. The van der Waals surface area contributed by atoms with E-state index in [9.17, 15) is 14.0 Å². The molecule has 0 unspecified atom stereocenters. The number of fused-ring (bicyclic) bond motifs is 1. The molecule has 0 spiro atoms. The number of thioether (sulfide) groups is 1. The Balaban J connectivity index is 1.31. The van der Waals surface area contributed by atoms with Gasteiger partial charge in [0.25, 0.3) is 11.1 Å². The van der Waals surface area contributed by atoms with Crippen molar-refractivity contribution in [3.8, 4) is 5.75 Å². The molecule has 0 radical (unpaired) electrons. The average molecular weight is 470 g/mol. The van der Waals surface area contributed by atoms with E-state index in [2.05, 4.69) is 0 Å². The maximum absolute atomic E-state index is 13.1. The van der Waals surface area contributed by atoms with E-state index in [-0.39, 0.29) is 23.5 Å². The second kappa shape index (κ2) is 9.53. The molecule has 168 valence electrons. The van der Waals surface area contributed by atoms with Crippen LogP contribution >= 0.6 is 11.8 Å². The van der Waals surface area contributed by atoms with Gasteiger partial charge in [-0.3, -0.25) is 14.5 Å². The first-order chi connectivity index (χ1) is 16.6. The highest BCUT2D eigenvalue weighted by Crippen LogP contribution is 2.34. The predicted molar refractivity (Wildman–Crippen MR) is 133 cm³/mol. The van der Waals surface area contributed by atoms with Gasteiger partial charge in [-0.1, -0.05) is 66.7 Å². The maximum atomic E-state index is 13.1. The van der Waals surface area contributed by atoms with Crippen LogP contribution in [0.15, 0.2) is 95.9 Å². The minimum atomic E-state index is -0.305. The molecule has 4 aromatic carbocycles. The second-order valence-corrected chi connectivity index (χ2v) is 8.89. The van der Waals surface area contributed by atoms with E-state index in [1.54, 1.807) is 18.2 Å². The fraction of sp³-hybridized carbons (Fsp3) is 0.0714. The lowest BCUT2D eigenvalue weighted by Gasteiger charge is -2.14. The molecular formula is C28H20FNO3S. The Kier molecular flexibility index (Phi) is 6.14. The van der Waals surface area contributed by atoms with Crippen LogP contribution in [0.4, 0.5) is 9.18 Å². The van der Waals surface area contributed by atoms with E-state index in [0.717, 1.165) is 39.2 Å². The normalized spacial score (nSPS) is 14.9. The van der Waals surface area contributed by atoms with Crippen LogP contribution in [0.5, 0.6) is 5.75 Å². The van der Waals surface area contributed by atoms with Gasteiger partial charge in [0.2, 0.25) is 0 Å². The smallest absolute Gasteiger partial charge is 0.293 e. The Bertz CT molecular complexity index is 1410. The highest BCUT2D eigenvalue weighted by atomic mass is 32.2. The molecule has 5 rings (SSSR count). The Morgan fingerprint density at radius 3 is 2.50 bits per heavy atom. The van der Waals surface area contributed by atoms with Crippen molar-refractivity contribution >= 4 is 39.8 Å². The number of hydrogen-bond donors (Lipinski definition) is 0. The summed E-state index contributed by atoms with van der Waals surface area (Å²) in [6.45, 7) is 0.523. The van der Waals surface area contributed by atoms with Crippen molar-refractivity contribution < 1.29 is 18.7 Å². The summed E-state index contributed by atoms with van der Waals surface area (Å²) in [4.78, 5) is 27.4. The van der Waals surface area contributed by atoms with Crippen molar-refractivity contribution in [1.29, 1.82) is 0 Å². The molecule has 4 nitrogen and oxygen atoms in total. The SMILES string of the molecule is O=C1S/C(=C\c2cccc(OCc3ccc(F)cc3)c2)C(=O)N1Cc1cccc2ccccc12. The number of benzene rings is 4. The minimum absolute atomic E-state index is 0.226. The molecule has 1 aliphatic rings. The van der Waals surface area contributed by atoms with Gasteiger partial charge in [-0.2, -0.15) is 0 Å². The molecule has 1 aliphatic heterocycles. The highest BCUT2D eigenvalue weighted by molar-refractivity contribution is 8.18. The zero-order valence-electron chi connectivity index (χ0n) is 18.1. The number of carbonyl (C=O) groups is 2. The third-order valence-corrected chi connectivity index (χ3v) is 6.46. The lowest BCUT2D eigenvalue weighted by Crippen LogP contribution is -2.27. The molecule has 6 heteroatoms. The number of hydrogen-bond acceptors (Lipinski definition) is 4. The van der Waals surface area contributed by atoms with Gasteiger partial charge in [0, 0.05) is 0 Å². The van der Waals surface area contributed by atoms with Gasteiger partial charge in [-0.05, 0) is 69.6 Å². The topological polar surface area (TPSA) is 46.6 Å². The standard InChI is InChI=1S/C28H20FNO3S/c29-23-13-11-19(12-14-23)18-33-24-9-3-5-20(15-24)16-26-27(31)30(28(32)34-26)17-22-8-4-7-21-6-1-2-10-25(21)22/h1-16H,17-18H2/b26-16-. The third-order valence-electron chi connectivity index (χ3n) is 5.56. The minimum Gasteiger partial charge on any atom is -0.489 e. The number of halogens is 1. The quantitative estimate of drug-likeness (QED) is 0.292. The molecular weight excluding hydrogens is 449 g/mol. The van der Waals surface area contributed by atoms with Crippen molar-refractivity contribution in [2.45, 2.75) is 13.2 Å². The number of ether oxygens (including phenoxy) is 1. The fourth-order valence-electron chi connectivity index (χ4n) is 3.83. The summed E-state index contributed by atoms with van der Waals surface area (Å²) in [6, 6.07) is 27.2. The molecule has 0 N–H and O–H groups in total. The first kappa shape index (κ1) is 21.9. The summed E-state index contributed by atoms with van der Waals surface area (Å²) in [5.41, 5.74) is 2.53. The third kappa shape index (κ3) is 4.72. The molecule has 0 aromatic heterocycles. The first-order valence-corrected chi connectivity index (χ1v) is 11.6. The zero-order valence-corrected chi connectivity index (χ0v) is 18.9. The summed E-state index contributed by atoms with van der Waals surface area (Å²) in [6.07, 6.45) is 1.71. The van der Waals surface area contributed by atoms with E-state index < -0.39 is 0 Å². The van der Waals surface area contributed by atoms with Gasteiger partial charge in [-0.25, -0.2) is 4.39 Å². The monoisotopic (exact) mass is 469 g/mol. The summed E-state index contributed by atoms with van der Waals surface area (Å²) < 4.78 is 18.9. The van der Waals surface area contributed by atoms with Crippen LogP contribution < -0.4 is 4.74 Å². The first-order valence-electron chi connectivity index (χ1n) is 10.8. The Labute approximate surface area is 200 Å². The van der Waals surface area contributed by atoms with Crippen LogP contribution in [-0.2, 0) is 17.9 Å². The molecule has 34 heavy (non-hydrogen) atoms. The molecule has 1 saturated heterocycles. The van der Waals surface area contributed by atoms with Crippen molar-refractivity contribution in [2.75, 3.05) is 0 Å². The summed E-state index contributed by atoms with van der Waals surface area (Å²) in [5.74, 6) is 0.0220. The average Bonchev–Trinajstić information content (AvgIpc) is 3.11. The van der Waals surface area contributed by atoms with Crippen LogP contribution in [0.25, 0.3) is 16.8 Å². The maximum Gasteiger partial charge on any atom is 0.293 e. The van der Waals surface area contributed by atoms with Crippen molar-refractivity contribution in [2.24, 2.45) is 0 Å². The Morgan fingerprint density at radius 2 is 1.65 bits per heavy atom. The fourth-order valence-corrected chi connectivity index (χ4v) is 4.67. The van der Waals surface area contributed by atoms with E-state index in [1.165, 1.54) is 17.0 Å². The number of carbonyl (C=O) groups excluding carboxylic acids is 2. The summed E-state index contributed by atoms with van der Waals surface area (Å²) in [7, 11) is 0. The van der Waals surface area contributed by atoms with Gasteiger partial charge in [-0.15, -0.1) is 0 Å². The van der Waals surface area contributed by atoms with Crippen LogP contribution in [0.2, 0.25) is 0 Å². The van der Waals surface area contributed by atoms with E-state index >= 15 is 0 Å². The second-order valence-electron chi connectivity index (χ2n) is 7.89. The van der Waals surface area contributed by atoms with Gasteiger partial charge < -0.3 is 4.74 Å². The van der Waals surface area contributed by atoms with Crippen molar-refractivity contribution in [3.05, 3.63) is 118 Å². The van der Waals surface area contributed by atoms with Crippen LogP contribution in [-0.4, -0.2) is 16.0 Å². The lowest BCUT2D eigenvalue weighted by molar-refractivity contribution is -0.123. The Morgan fingerprint density at radius 1 is 0.882 bits per heavy atom. The molecule has 1 heterocycles. The number of nitrogens with zero attached hydrogens (tertiary/aromatic N) is 1. The summed E-state index contributed by atoms with van der Waals surface area (Å²) in [5, 5.41) is 1.81. The van der Waals surface area contributed by atoms with Crippen LogP contribution in [0.1, 0.15) is 16.7 Å². The Hall–Kier alpha value is -3.90. The van der Waals surface area contributed by atoms with Crippen molar-refractivity contribution in [3.63, 3.8) is 0 Å². The largest absolute Gasteiger partial charge is 0.489 e. The molecule has 0 aliphatic carbocycles. The van der Waals surface area contributed by atoms with Crippen LogP contribution in [0, 0.1) is 5.82 Å². The van der Waals surface area contributed by atoms with Gasteiger partial charge in [0.1, 0.15) is 18.2 Å². The van der Waals surface area contributed by atoms with E-state index in [0.29, 0.717) is 17.3 Å².